The quantitative estimate of drug-likeness (QED) is 0.759. The van der Waals surface area contributed by atoms with Crippen LogP contribution in [0.3, 0.4) is 0 Å². The van der Waals surface area contributed by atoms with E-state index < -0.39 is 5.92 Å². The van der Waals surface area contributed by atoms with Crippen LogP contribution in [0.1, 0.15) is 18.1 Å². The van der Waals surface area contributed by atoms with Crippen molar-refractivity contribution in [3.8, 4) is 0 Å². The first-order chi connectivity index (χ1) is 5.82. The summed E-state index contributed by atoms with van der Waals surface area (Å²) in [4.78, 5) is 0. The molecule has 0 aliphatic rings. The molecule has 1 aromatic carbocycles. The van der Waals surface area contributed by atoms with Crippen LogP contribution >= 0.6 is 15.9 Å². The third-order valence-corrected chi connectivity index (χ3v) is 2.48. The van der Waals surface area contributed by atoms with Gasteiger partial charge in [0.25, 0.3) is 5.92 Å². The lowest BCUT2D eigenvalue weighted by molar-refractivity contribution is 0.0167. The summed E-state index contributed by atoms with van der Waals surface area (Å²) in [5.41, 5.74) is 6.64. The highest BCUT2D eigenvalue weighted by molar-refractivity contribution is 9.10. The molecule has 0 saturated carbocycles. The van der Waals surface area contributed by atoms with Gasteiger partial charge in [0.2, 0.25) is 0 Å². The van der Waals surface area contributed by atoms with Crippen LogP contribution in [-0.4, -0.2) is 0 Å². The summed E-state index contributed by atoms with van der Waals surface area (Å²) in [5.74, 6) is -2.86. The number of anilines is 1. The molecule has 0 aromatic heterocycles. The average Bonchev–Trinajstić information content (AvgIpc) is 1.94. The predicted octanol–water partition coefficient (Wildman–Crippen LogP) is 3.45. The van der Waals surface area contributed by atoms with Gasteiger partial charge in [0.05, 0.1) is 0 Å². The fourth-order valence-corrected chi connectivity index (χ4v) is 1.83. The third-order valence-electron chi connectivity index (χ3n) is 1.83. The number of hydrogen-bond acceptors (Lipinski definition) is 1. The summed E-state index contributed by atoms with van der Waals surface area (Å²) in [5, 5.41) is 0. The van der Waals surface area contributed by atoms with Crippen LogP contribution in [0, 0.1) is 6.92 Å². The van der Waals surface area contributed by atoms with Crippen LogP contribution in [0.5, 0.6) is 0 Å². The topological polar surface area (TPSA) is 26.0 Å². The first-order valence-corrected chi connectivity index (χ1v) is 4.55. The van der Waals surface area contributed by atoms with Gasteiger partial charge >= 0.3 is 0 Å². The molecule has 2 N–H and O–H groups in total. The number of hydrogen-bond donors (Lipinski definition) is 1. The van der Waals surface area contributed by atoms with E-state index in [-0.39, 0.29) is 5.56 Å². The molecule has 1 nitrogen and oxygen atoms in total. The maximum atomic E-state index is 12.9. The summed E-state index contributed by atoms with van der Waals surface area (Å²) in [6.45, 7) is 2.62. The van der Waals surface area contributed by atoms with Crippen LogP contribution in [0.15, 0.2) is 16.6 Å². The zero-order chi connectivity index (χ0) is 10.2. The highest BCUT2D eigenvalue weighted by Gasteiger charge is 2.27. The van der Waals surface area contributed by atoms with Crippen molar-refractivity contribution in [1.29, 1.82) is 0 Å². The van der Waals surface area contributed by atoms with Crippen molar-refractivity contribution < 1.29 is 8.78 Å². The van der Waals surface area contributed by atoms with Crippen molar-refractivity contribution in [2.24, 2.45) is 0 Å². The molecule has 0 fully saturated rings. The summed E-state index contributed by atoms with van der Waals surface area (Å²) < 4.78 is 26.3. The summed E-state index contributed by atoms with van der Waals surface area (Å²) in [6, 6.07) is 2.90. The summed E-state index contributed by atoms with van der Waals surface area (Å²) in [7, 11) is 0. The second kappa shape index (κ2) is 3.25. The molecular formula is C9H10BrF2N. The highest BCUT2D eigenvalue weighted by atomic mass is 79.9. The van der Waals surface area contributed by atoms with Crippen LogP contribution in [-0.2, 0) is 5.92 Å². The molecule has 0 aliphatic carbocycles. The van der Waals surface area contributed by atoms with Crippen molar-refractivity contribution >= 4 is 21.6 Å². The van der Waals surface area contributed by atoms with Crippen molar-refractivity contribution in [3.05, 3.63) is 27.7 Å². The molecule has 0 unspecified atom stereocenters. The van der Waals surface area contributed by atoms with Gasteiger partial charge in [-0.25, -0.2) is 8.78 Å². The number of alkyl halides is 2. The monoisotopic (exact) mass is 249 g/mol. The molecule has 1 aromatic rings. The number of aryl methyl sites for hydroxylation is 1. The van der Waals surface area contributed by atoms with Gasteiger partial charge in [-0.2, -0.15) is 0 Å². The molecule has 0 saturated heterocycles. The Morgan fingerprint density at radius 2 is 1.92 bits per heavy atom. The Kier molecular flexibility index (Phi) is 2.61. The van der Waals surface area contributed by atoms with Crippen molar-refractivity contribution in [2.45, 2.75) is 19.8 Å². The van der Waals surface area contributed by atoms with E-state index in [1.807, 2.05) is 0 Å². The minimum atomic E-state index is -2.86. The third kappa shape index (κ3) is 2.18. The van der Waals surface area contributed by atoms with Crippen molar-refractivity contribution in [1.82, 2.24) is 0 Å². The maximum absolute atomic E-state index is 12.9. The van der Waals surface area contributed by atoms with Crippen LogP contribution in [0.2, 0.25) is 0 Å². The first kappa shape index (κ1) is 10.4. The Morgan fingerprint density at radius 3 is 2.38 bits per heavy atom. The predicted molar refractivity (Wildman–Crippen MR) is 52.9 cm³/mol. The maximum Gasteiger partial charge on any atom is 0.271 e. The van der Waals surface area contributed by atoms with E-state index in [0.29, 0.717) is 10.2 Å². The Balaban J connectivity index is 3.32. The Bertz CT molecular complexity index is 331. The Hall–Kier alpha value is -0.640. The van der Waals surface area contributed by atoms with Crippen molar-refractivity contribution in [3.63, 3.8) is 0 Å². The fourth-order valence-electron chi connectivity index (χ4n) is 1.03. The molecule has 0 aliphatic heterocycles. The number of benzene rings is 1. The van der Waals surface area contributed by atoms with Crippen LogP contribution < -0.4 is 5.73 Å². The van der Waals surface area contributed by atoms with Crippen LogP contribution in [0.25, 0.3) is 0 Å². The fraction of sp³-hybridized carbons (Fsp3) is 0.333. The lowest BCUT2D eigenvalue weighted by atomic mass is 10.1. The zero-order valence-corrected chi connectivity index (χ0v) is 8.95. The van der Waals surface area contributed by atoms with Gasteiger partial charge in [-0.05, 0) is 24.6 Å². The molecule has 1 rings (SSSR count). The smallest absolute Gasteiger partial charge is 0.271 e. The van der Waals surface area contributed by atoms with Gasteiger partial charge in [-0.3, -0.25) is 0 Å². The van der Waals surface area contributed by atoms with Gasteiger partial charge in [0.15, 0.2) is 0 Å². The standard InChI is InChI=1S/C9H10BrF2N/c1-5-3-7(10)6(4-8(5)13)9(2,11)12/h3-4H,13H2,1-2H3. The Labute approximate surface area is 84.1 Å². The second-order valence-corrected chi connectivity index (χ2v) is 3.93. The molecule has 0 atom stereocenters. The zero-order valence-electron chi connectivity index (χ0n) is 7.37. The van der Waals surface area contributed by atoms with Crippen LogP contribution in [0.4, 0.5) is 14.5 Å². The molecule has 0 amide bonds. The average molecular weight is 250 g/mol. The molecule has 0 heterocycles. The largest absolute Gasteiger partial charge is 0.399 e. The van der Waals surface area contributed by atoms with Gasteiger partial charge in [0.1, 0.15) is 0 Å². The molecule has 4 heteroatoms. The molecule has 72 valence electrons. The van der Waals surface area contributed by atoms with E-state index in [4.69, 9.17) is 5.73 Å². The second-order valence-electron chi connectivity index (χ2n) is 3.08. The Morgan fingerprint density at radius 1 is 1.38 bits per heavy atom. The van der Waals surface area contributed by atoms with E-state index >= 15 is 0 Å². The van der Waals surface area contributed by atoms with E-state index in [2.05, 4.69) is 15.9 Å². The minimum Gasteiger partial charge on any atom is -0.399 e. The SMILES string of the molecule is Cc1cc(Br)c(C(C)(F)F)cc1N. The minimum absolute atomic E-state index is 0.0735. The molecule has 0 bridgehead atoms. The number of nitrogens with two attached hydrogens (primary N) is 1. The lowest BCUT2D eigenvalue weighted by Gasteiger charge is -2.14. The molecular weight excluding hydrogens is 240 g/mol. The number of nitrogen functional groups attached to an aromatic ring is 1. The first-order valence-electron chi connectivity index (χ1n) is 3.76. The van der Waals surface area contributed by atoms with Gasteiger partial charge < -0.3 is 5.73 Å². The van der Waals surface area contributed by atoms with E-state index in [1.54, 1.807) is 13.0 Å². The lowest BCUT2D eigenvalue weighted by Crippen LogP contribution is -2.09. The van der Waals surface area contributed by atoms with Crippen molar-refractivity contribution in [2.75, 3.05) is 5.73 Å². The molecule has 0 radical (unpaired) electrons. The van der Waals surface area contributed by atoms with E-state index in [9.17, 15) is 8.78 Å². The number of halogens is 3. The molecule has 13 heavy (non-hydrogen) atoms. The molecule has 0 spiro atoms. The highest BCUT2D eigenvalue weighted by Crippen LogP contribution is 2.35. The van der Waals surface area contributed by atoms with Gasteiger partial charge in [-0.15, -0.1) is 0 Å². The van der Waals surface area contributed by atoms with E-state index in [0.717, 1.165) is 12.5 Å². The number of rotatable bonds is 1. The van der Waals surface area contributed by atoms with Gasteiger partial charge in [-0.1, -0.05) is 15.9 Å². The van der Waals surface area contributed by atoms with E-state index in [1.165, 1.54) is 6.07 Å². The summed E-state index contributed by atoms with van der Waals surface area (Å²) in [6.07, 6.45) is 0. The normalized spacial score (nSPS) is 11.8. The van der Waals surface area contributed by atoms with Gasteiger partial charge in [0, 0.05) is 22.6 Å². The summed E-state index contributed by atoms with van der Waals surface area (Å²) >= 11 is 3.08.